The van der Waals surface area contributed by atoms with E-state index in [1.165, 1.54) is 96.3 Å². The Balaban J connectivity index is 4.39. The van der Waals surface area contributed by atoms with E-state index in [2.05, 4.69) is 179 Å². The highest BCUT2D eigenvalue weighted by Crippen LogP contribution is 2.15. The SMILES string of the molecule is CC/C=C\C/C=C\C/C=C\C/C=C\C/C=C\CCCCCCCCCCCCCCCC(=O)OCC(COC(=O)CCCCCCCCC/C=C\C/C=C\C/C=C\CC)OC(=O)CCC/C=C\C/C=C\C/C=C\C/C=C\C/C=C\CC. The number of unbranched alkanes of at least 4 members (excludes halogenated alkanes) is 21. The lowest BCUT2D eigenvalue weighted by atomic mass is 10.0. The molecule has 0 aliphatic carbocycles. The second-order valence-corrected chi connectivity index (χ2v) is 21.2. The van der Waals surface area contributed by atoms with Gasteiger partial charge in [0.15, 0.2) is 6.10 Å². The molecular formula is C75H120O6. The molecule has 0 amide bonds. The number of rotatable bonds is 58. The van der Waals surface area contributed by atoms with Crippen molar-refractivity contribution in [1.82, 2.24) is 0 Å². The highest BCUT2D eigenvalue weighted by Gasteiger charge is 2.19. The van der Waals surface area contributed by atoms with E-state index in [0.717, 1.165) is 135 Å². The molecule has 0 fully saturated rings. The van der Waals surface area contributed by atoms with E-state index in [-0.39, 0.29) is 37.5 Å². The first kappa shape index (κ1) is 76.0. The second-order valence-electron chi connectivity index (χ2n) is 21.2. The van der Waals surface area contributed by atoms with Crippen molar-refractivity contribution in [2.75, 3.05) is 13.2 Å². The standard InChI is InChI=1S/C75H120O6/c1-4-7-10-13-16-19-22-25-28-31-32-33-34-35-36-37-38-39-40-41-42-45-47-50-53-56-59-62-65-68-74(77)80-71-72(81-75(78)69-66-63-60-57-54-51-48-44-30-27-24-21-18-15-12-9-6-3)70-79-73(76)67-64-61-58-55-52-49-46-43-29-26-23-20-17-14-11-8-5-2/h7-12,16-21,25-30,32-33,35-36,48,51,57,60,72H,4-6,13-15,22-24,31,34,37-47,49-50,52-56,58-59,61-71H2,1-3H3/b10-7-,11-8-,12-9-,19-16-,20-17-,21-18-,28-25-,29-26-,30-27-,33-32-,36-35-,51-48-,60-57-. The summed E-state index contributed by atoms with van der Waals surface area (Å²) in [5, 5.41) is 0. The molecule has 0 saturated carbocycles. The van der Waals surface area contributed by atoms with Gasteiger partial charge < -0.3 is 14.2 Å². The topological polar surface area (TPSA) is 78.9 Å². The highest BCUT2D eigenvalue weighted by atomic mass is 16.6. The highest BCUT2D eigenvalue weighted by molar-refractivity contribution is 5.71. The third-order valence-corrected chi connectivity index (χ3v) is 13.5. The third-order valence-electron chi connectivity index (χ3n) is 13.5. The van der Waals surface area contributed by atoms with Crippen LogP contribution in [0.25, 0.3) is 0 Å². The van der Waals surface area contributed by atoms with Gasteiger partial charge in [-0.15, -0.1) is 0 Å². The van der Waals surface area contributed by atoms with E-state index in [9.17, 15) is 14.4 Å². The van der Waals surface area contributed by atoms with Crippen LogP contribution in [0, 0.1) is 0 Å². The van der Waals surface area contributed by atoms with Gasteiger partial charge in [-0.05, 0) is 135 Å². The van der Waals surface area contributed by atoms with Crippen LogP contribution in [0.2, 0.25) is 0 Å². The summed E-state index contributed by atoms with van der Waals surface area (Å²) in [6, 6.07) is 0. The zero-order valence-electron chi connectivity index (χ0n) is 52.2. The van der Waals surface area contributed by atoms with Crippen molar-refractivity contribution in [2.24, 2.45) is 0 Å². The molecule has 0 rings (SSSR count). The summed E-state index contributed by atoms with van der Waals surface area (Å²) in [6.07, 6.45) is 98.3. The Morgan fingerprint density at radius 3 is 0.728 bits per heavy atom. The van der Waals surface area contributed by atoms with Gasteiger partial charge in [0.25, 0.3) is 0 Å². The fraction of sp³-hybridized carbons (Fsp3) is 0.613. The molecule has 0 aliphatic rings. The first-order valence-electron chi connectivity index (χ1n) is 33.0. The van der Waals surface area contributed by atoms with Gasteiger partial charge in [-0.3, -0.25) is 14.4 Å². The minimum Gasteiger partial charge on any atom is -0.462 e. The summed E-state index contributed by atoms with van der Waals surface area (Å²) >= 11 is 0. The zero-order chi connectivity index (χ0) is 58.5. The molecule has 0 N–H and O–H groups in total. The molecule has 0 aromatic carbocycles. The van der Waals surface area contributed by atoms with E-state index in [1.54, 1.807) is 0 Å². The van der Waals surface area contributed by atoms with Crippen molar-refractivity contribution in [1.29, 1.82) is 0 Å². The number of hydrogen-bond donors (Lipinski definition) is 0. The van der Waals surface area contributed by atoms with E-state index in [4.69, 9.17) is 14.2 Å². The van der Waals surface area contributed by atoms with Gasteiger partial charge in [0, 0.05) is 19.3 Å². The molecule has 0 bridgehead atoms. The number of allylic oxidation sites excluding steroid dienone is 26. The predicted molar refractivity (Wildman–Crippen MR) is 352 cm³/mol. The largest absolute Gasteiger partial charge is 0.462 e. The molecule has 456 valence electrons. The molecule has 6 heteroatoms. The number of carbonyl (C=O) groups is 3. The van der Waals surface area contributed by atoms with E-state index in [0.29, 0.717) is 19.3 Å². The molecule has 0 saturated heterocycles. The summed E-state index contributed by atoms with van der Waals surface area (Å²) in [5.41, 5.74) is 0. The number of hydrogen-bond acceptors (Lipinski definition) is 6. The molecule has 1 atom stereocenters. The molecule has 0 aromatic rings. The Morgan fingerprint density at radius 2 is 0.457 bits per heavy atom. The Bertz CT molecular complexity index is 1810. The van der Waals surface area contributed by atoms with Crippen LogP contribution in [0.1, 0.15) is 278 Å². The van der Waals surface area contributed by atoms with Crippen LogP contribution >= 0.6 is 0 Å². The van der Waals surface area contributed by atoms with Crippen molar-refractivity contribution in [3.63, 3.8) is 0 Å². The number of ether oxygens (including phenoxy) is 3. The Hall–Kier alpha value is -4.97. The van der Waals surface area contributed by atoms with Crippen LogP contribution < -0.4 is 0 Å². The van der Waals surface area contributed by atoms with Crippen molar-refractivity contribution >= 4 is 17.9 Å². The van der Waals surface area contributed by atoms with Gasteiger partial charge in [0.05, 0.1) is 0 Å². The summed E-state index contributed by atoms with van der Waals surface area (Å²) in [7, 11) is 0. The Kier molecular flexibility index (Phi) is 63.4. The van der Waals surface area contributed by atoms with Crippen molar-refractivity contribution < 1.29 is 28.6 Å². The zero-order valence-corrected chi connectivity index (χ0v) is 52.2. The van der Waals surface area contributed by atoms with Crippen molar-refractivity contribution in [2.45, 2.75) is 284 Å². The molecule has 0 heterocycles. The van der Waals surface area contributed by atoms with E-state index in [1.807, 2.05) is 0 Å². The van der Waals surface area contributed by atoms with Gasteiger partial charge in [-0.1, -0.05) is 281 Å². The lowest BCUT2D eigenvalue weighted by Crippen LogP contribution is -2.30. The van der Waals surface area contributed by atoms with Crippen LogP contribution in [-0.4, -0.2) is 37.2 Å². The predicted octanol–water partition coefficient (Wildman–Crippen LogP) is 22.9. The summed E-state index contributed by atoms with van der Waals surface area (Å²) < 4.78 is 16.9. The molecule has 81 heavy (non-hydrogen) atoms. The first-order valence-corrected chi connectivity index (χ1v) is 33.0. The van der Waals surface area contributed by atoms with E-state index < -0.39 is 6.10 Å². The van der Waals surface area contributed by atoms with Crippen LogP contribution in [0.15, 0.2) is 158 Å². The fourth-order valence-corrected chi connectivity index (χ4v) is 8.70. The normalized spacial score (nSPS) is 13.2. The molecule has 6 nitrogen and oxygen atoms in total. The van der Waals surface area contributed by atoms with Crippen LogP contribution in [0.3, 0.4) is 0 Å². The van der Waals surface area contributed by atoms with Crippen molar-refractivity contribution in [3.05, 3.63) is 158 Å². The lowest BCUT2D eigenvalue weighted by molar-refractivity contribution is -0.167. The Morgan fingerprint density at radius 1 is 0.247 bits per heavy atom. The van der Waals surface area contributed by atoms with Crippen LogP contribution in [0.5, 0.6) is 0 Å². The van der Waals surface area contributed by atoms with Crippen LogP contribution in [-0.2, 0) is 28.6 Å². The first-order chi connectivity index (χ1) is 40.0. The summed E-state index contributed by atoms with van der Waals surface area (Å²) in [4.78, 5) is 38.4. The average molecular weight is 1120 g/mol. The van der Waals surface area contributed by atoms with Gasteiger partial charge in [0.2, 0.25) is 0 Å². The smallest absolute Gasteiger partial charge is 0.306 e. The molecule has 0 aromatic heterocycles. The molecular weight excluding hydrogens is 997 g/mol. The monoisotopic (exact) mass is 1120 g/mol. The maximum absolute atomic E-state index is 12.9. The lowest BCUT2D eigenvalue weighted by Gasteiger charge is -2.18. The summed E-state index contributed by atoms with van der Waals surface area (Å²) in [5.74, 6) is -0.980. The maximum atomic E-state index is 12.9. The minimum absolute atomic E-state index is 0.110. The number of carbonyl (C=O) groups excluding carboxylic acids is 3. The average Bonchev–Trinajstić information content (AvgIpc) is 3.47. The second kappa shape index (κ2) is 67.5. The fourth-order valence-electron chi connectivity index (χ4n) is 8.70. The molecule has 0 aliphatic heterocycles. The molecule has 0 spiro atoms. The summed E-state index contributed by atoms with van der Waals surface area (Å²) in [6.45, 7) is 6.25. The van der Waals surface area contributed by atoms with Gasteiger partial charge >= 0.3 is 17.9 Å². The molecule has 1 unspecified atom stereocenters. The van der Waals surface area contributed by atoms with Crippen molar-refractivity contribution in [3.8, 4) is 0 Å². The van der Waals surface area contributed by atoms with E-state index >= 15 is 0 Å². The van der Waals surface area contributed by atoms with Gasteiger partial charge in [-0.2, -0.15) is 0 Å². The van der Waals surface area contributed by atoms with Crippen LogP contribution in [0.4, 0.5) is 0 Å². The number of esters is 3. The third kappa shape index (κ3) is 65.7. The van der Waals surface area contributed by atoms with Gasteiger partial charge in [0.1, 0.15) is 13.2 Å². The van der Waals surface area contributed by atoms with Gasteiger partial charge in [-0.25, -0.2) is 0 Å². The minimum atomic E-state index is -0.821. The molecule has 0 radical (unpaired) electrons. The quantitative estimate of drug-likeness (QED) is 0.0261. The Labute approximate surface area is 499 Å². The maximum Gasteiger partial charge on any atom is 0.306 e.